The zero-order valence-corrected chi connectivity index (χ0v) is 16.4. The van der Waals surface area contributed by atoms with Gasteiger partial charge in [-0.3, -0.25) is 0 Å². The molecular weight excluding hydrogens is 374 g/mol. The van der Waals surface area contributed by atoms with Gasteiger partial charge < -0.3 is 4.57 Å². The van der Waals surface area contributed by atoms with E-state index < -0.39 is 9.84 Å². The first-order valence-corrected chi connectivity index (χ1v) is 11.5. The van der Waals surface area contributed by atoms with E-state index in [1.54, 1.807) is 6.08 Å². The fraction of sp³-hybridized carbons (Fsp3) is 0.667. The molecule has 3 rings (SSSR count). The van der Waals surface area contributed by atoms with Crippen LogP contribution in [0.4, 0.5) is 0 Å². The van der Waals surface area contributed by atoms with Gasteiger partial charge in [0.1, 0.15) is 5.82 Å². The molecule has 1 atom stereocenters. The van der Waals surface area contributed by atoms with Gasteiger partial charge in [0.05, 0.1) is 17.3 Å². The van der Waals surface area contributed by atoms with E-state index in [2.05, 4.69) is 39.2 Å². The maximum atomic E-state index is 11.8. The average Bonchev–Trinajstić information content (AvgIpc) is 3.30. The second-order valence-electron chi connectivity index (χ2n) is 6.30. The second-order valence-corrected chi connectivity index (χ2v) is 9.47. The van der Waals surface area contributed by atoms with E-state index in [-0.39, 0.29) is 17.4 Å². The van der Waals surface area contributed by atoms with Crippen molar-refractivity contribution in [3.05, 3.63) is 24.3 Å². The predicted molar refractivity (Wildman–Crippen MR) is 98.5 cm³/mol. The topological polar surface area (TPSA) is 108 Å². The van der Waals surface area contributed by atoms with E-state index in [1.807, 2.05) is 9.25 Å². The van der Waals surface area contributed by atoms with E-state index in [0.29, 0.717) is 18.7 Å². The van der Waals surface area contributed by atoms with E-state index >= 15 is 0 Å². The minimum atomic E-state index is -2.97. The molecular formula is C15H23N7O2S2. The summed E-state index contributed by atoms with van der Waals surface area (Å²) < 4.78 is 27.3. The van der Waals surface area contributed by atoms with E-state index in [9.17, 15) is 8.42 Å². The molecule has 0 radical (unpaired) electrons. The van der Waals surface area contributed by atoms with Gasteiger partial charge in [-0.25, -0.2) is 13.1 Å². The third-order valence-electron chi connectivity index (χ3n) is 4.31. The molecule has 142 valence electrons. The molecule has 11 heteroatoms. The molecule has 0 bridgehead atoms. The summed E-state index contributed by atoms with van der Waals surface area (Å²) >= 11 is 1.50. The van der Waals surface area contributed by atoms with Gasteiger partial charge in [-0.15, -0.1) is 21.9 Å². The zero-order chi connectivity index (χ0) is 18.6. The summed E-state index contributed by atoms with van der Waals surface area (Å²) in [5.41, 5.74) is 0. The number of aryl methyl sites for hydroxylation is 1. The van der Waals surface area contributed by atoms with Gasteiger partial charge in [-0.05, 0) is 23.3 Å². The SMILES string of the molecule is C=CCn1c(SCc2nnnn2CCCC)nnc1[C@@H]1CCS(=O)(=O)C1. The highest BCUT2D eigenvalue weighted by molar-refractivity contribution is 7.98. The molecule has 9 nitrogen and oxygen atoms in total. The van der Waals surface area contributed by atoms with Crippen LogP contribution in [0, 0.1) is 0 Å². The lowest BCUT2D eigenvalue weighted by molar-refractivity contribution is 0.540. The molecule has 1 saturated heterocycles. The van der Waals surface area contributed by atoms with Crippen LogP contribution in [-0.2, 0) is 28.7 Å². The van der Waals surface area contributed by atoms with E-state index in [1.165, 1.54) is 11.8 Å². The molecule has 0 spiro atoms. The lowest BCUT2D eigenvalue weighted by atomic mass is 10.1. The van der Waals surface area contributed by atoms with Crippen LogP contribution in [0.15, 0.2) is 17.8 Å². The maximum Gasteiger partial charge on any atom is 0.191 e. The van der Waals surface area contributed by atoms with Crippen molar-refractivity contribution in [2.24, 2.45) is 0 Å². The third-order valence-corrected chi connectivity index (χ3v) is 7.05. The normalized spacial score (nSPS) is 19.0. The lowest BCUT2D eigenvalue weighted by Crippen LogP contribution is -2.11. The summed E-state index contributed by atoms with van der Waals surface area (Å²) in [5.74, 6) is 2.35. The Balaban J connectivity index is 1.74. The van der Waals surface area contributed by atoms with Crippen LogP contribution in [0.5, 0.6) is 0 Å². The van der Waals surface area contributed by atoms with Crippen LogP contribution in [-0.4, -0.2) is 54.9 Å². The summed E-state index contributed by atoms with van der Waals surface area (Å²) in [7, 11) is -2.97. The van der Waals surface area contributed by atoms with Crippen LogP contribution < -0.4 is 0 Å². The molecule has 1 aliphatic heterocycles. The van der Waals surface area contributed by atoms with Crippen molar-refractivity contribution in [3.63, 3.8) is 0 Å². The van der Waals surface area contributed by atoms with Crippen LogP contribution in [0.25, 0.3) is 0 Å². The van der Waals surface area contributed by atoms with E-state index in [4.69, 9.17) is 0 Å². The first kappa shape index (κ1) is 19.0. The third kappa shape index (κ3) is 4.32. The van der Waals surface area contributed by atoms with Gasteiger partial charge >= 0.3 is 0 Å². The summed E-state index contributed by atoms with van der Waals surface area (Å²) in [6, 6.07) is 0. The molecule has 0 N–H and O–H groups in total. The number of unbranched alkanes of at least 4 members (excludes halogenated alkanes) is 1. The number of rotatable bonds is 9. The maximum absolute atomic E-state index is 11.8. The van der Waals surface area contributed by atoms with Gasteiger partial charge in [-0.1, -0.05) is 31.2 Å². The highest BCUT2D eigenvalue weighted by atomic mass is 32.2. The summed E-state index contributed by atoms with van der Waals surface area (Å²) in [6.07, 6.45) is 4.46. The molecule has 1 aliphatic rings. The molecule has 2 aromatic heterocycles. The molecule has 2 aromatic rings. The van der Waals surface area contributed by atoms with Crippen LogP contribution >= 0.6 is 11.8 Å². The highest BCUT2D eigenvalue weighted by Gasteiger charge is 2.33. The summed E-state index contributed by atoms with van der Waals surface area (Å²) in [6.45, 7) is 7.26. The van der Waals surface area contributed by atoms with Crippen LogP contribution in [0.2, 0.25) is 0 Å². The average molecular weight is 398 g/mol. The Labute approximate surface area is 157 Å². The lowest BCUT2D eigenvalue weighted by Gasteiger charge is -2.11. The largest absolute Gasteiger partial charge is 0.302 e. The minimum Gasteiger partial charge on any atom is -0.302 e. The minimum absolute atomic E-state index is 0.100. The molecule has 3 heterocycles. The fourth-order valence-corrected chi connectivity index (χ4v) is 5.57. The van der Waals surface area contributed by atoms with Gasteiger partial charge in [-0.2, -0.15) is 0 Å². The van der Waals surface area contributed by atoms with E-state index in [0.717, 1.165) is 36.2 Å². The van der Waals surface area contributed by atoms with Crippen LogP contribution in [0.1, 0.15) is 43.8 Å². The number of allylic oxidation sites excluding steroid dienone is 1. The Hall–Kier alpha value is -1.75. The second kappa shape index (κ2) is 8.30. The van der Waals surface area contributed by atoms with Gasteiger partial charge in [0, 0.05) is 19.0 Å². The van der Waals surface area contributed by atoms with Crippen molar-refractivity contribution in [2.75, 3.05) is 11.5 Å². The number of aromatic nitrogens is 7. The van der Waals surface area contributed by atoms with Gasteiger partial charge in [0.15, 0.2) is 20.8 Å². The quantitative estimate of drug-likeness (QED) is 0.462. The van der Waals surface area contributed by atoms with Crippen molar-refractivity contribution in [1.82, 2.24) is 35.0 Å². The Kier molecular flexibility index (Phi) is 6.07. The zero-order valence-electron chi connectivity index (χ0n) is 14.8. The molecule has 0 unspecified atom stereocenters. The molecule has 26 heavy (non-hydrogen) atoms. The summed E-state index contributed by atoms with van der Waals surface area (Å²) in [5, 5.41) is 21.1. The molecule has 0 amide bonds. The molecule has 0 aliphatic carbocycles. The Morgan fingerprint density at radius 1 is 1.35 bits per heavy atom. The highest BCUT2D eigenvalue weighted by Crippen LogP contribution is 2.30. The predicted octanol–water partition coefficient (Wildman–Crippen LogP) is 1.45. The summed E-state index contributed by atoms with van der Waals surface area (Å²) in [4.78, 5) is 0. The van der Waals surface area contributed by atoms with Crippen molar-refractivity contribution in [3.8, 4) is 0 Å². The number of hydrogen-bond acceptors (Lipinski definition) is 8. The van der Waals surface area contributed by atoms with Crippen molar-refractivity contribution >= 4 is 21.6 Å². The smallest absolute Gasteiger partial charge is 0.191 e. The number of nitrogens with zero attached hydrogens (tertiary/aromatic N) is 7. The van der Waals surface area contributed by atoms with Crippen molar-refractivity contribution in [1.29, 1.82) is 0 Å². The number of thioether (sulfide) groups is 1. The standard InChI is InChI=1S/C15H23N7O2S2/c1-3-5-8-22-13(16-19-20-22)10-25-15-18-17-14(21(15)7-4-2)12-6-9-26(23,24)11-12/h4,12H,2-3,5-11H2,1H3/t12-/m1/s1. The number of tetrazole rings is 1. The monoisotopic (exact) mass is 397 g/mol. The molecule has 0 saturated carbocycles. The first-order valence-electron chi connectivity index (χ1n) is 8.66. The Morgan fingerprint density at radius 2 is 2.19 bits per heavy atom. The van der Waals surface area contributed by atoms with Gasteiger partial charge in [0.2, 0.25) is 0 Å². The fourth-order valence-electron chi connectivity index (χ4n) is 2.95. The van der Waals surface area contributed by atoms with Crippen molar-refractivity contribution in [2.45, 2.75) is 56.1 Å². The Morgan fingerprint density at radius 3 is 2.88 bits per heavy atom. The first-order chi connectivity index (χ1) is 12.5. The Bertz CT molecular complexity index is 859. The van der Waals surface area contributed by atoms with Crippen LogP contribution in [0.3, 0.4) is 0 Å². The van der Waals surface area contributed by atoms with Gasteiger partial charge in [0.25, 0.3) is 0 Å². The number of sulfone groups is 1. The van der Waals surface area contributed by atoms with Crippen molar-refractivity contribution < 1.29 is 8.42 Å². The molecule has 1 fully saturated rings. The number of hydrogen-bond donors (Lipinski definition) is 0. The molecule has 0 aromatic carbocycles.